The summed E-state index contributed by atoms with van der Waals surface area (Å²) in [7, 11) is 1.47. The molecule has 0 aliphatic carbocycles. The van der Waals surface area contributed by atoms with E-state index in [2.05, 4.69) is 9.97 Å². The molecule has 0 saturated carbocycles. The molecular weight excluding hydrogens is 446 g/mol. The van der Waals surface area contributed by atoms with Crippen molar-refractivity contribution in [1.82, 2.24) is 14.9 Å². The number of nitrogens with one attached hydrogen (secondary N) is 1. The molecular formula is C27H25N3O5. The monoisotopic (exact) mass is 471 g/mol. The number of ether oxygens (including phenoxy) is 2. The van der Waals surface area contributed by atoms with E-state index in [0.29, 0.717) is 40.3 Å². The molecule has 4 rings (SSSR count). The average Bonchev–Trinajstić information content (AvgIpc) is 2.87. The number of carbonyl (C=O) groups excluding carboxylic acids is 2. The zero-order chi connectivity index (χ0) is 24.8. The molecule has 35 heavy (non-hydrogen) atoms. The summed E-state index contributed by atoms with van der Waals surface area (Å²) in [6.07, 6.45) is 0. The molecule has 8 heteroatoms. The van der Waals surface area contributed by atoms with Crippen LogP contribution in [0.3, 0.4) is 0 Å². The molecule has 4 aromatic rings. The Morgan fingerprint density at radius 2 is 1.69 bits per heavy atom. The van der Waals surface area contributed by atoms with Crippen LogP contribution in [0.4, 0.5) is 0 Å². The molecule has 178 valence electrons. The topological polar surface area (TPSA) is 102 Å². The van der Waals surface area contributed by atoms with Gasteiger partial charge in [0.05, 0.1) is 24.6 Å². The number of ketones is 1. The van der Waals surface area contributed by atoms with Crippen molar-refractivity contribution in [2.45, 2.75) is 20.0 Å². The van der Waals surface area contributed by atoms with Crippen LogP contribution in [0.2, 0.25) is 0 Å². The SMILES string of the molecule is COc1cc(C(C)=O)ccc1OCC(=O)N(Cc1ccccc1)Cc1nc2ccccc2c(=O)[nH]1. The number of rotatable bonds is 9. The van der Waals surface area contributed by atoms with Crippen LogP contribution in [0.5, 0.6) is 11.5 Å². The minimum Gasteiger partial charge on any atom is -0.493 e. The van der Waals surface area contributed by atoms with E-state index in [9.17, 15) is 14.4 Å². The highest BCUT2D eigenvalue weighted by Crippen LogP contribution is 2.28. The molecule has 1 amide bonds. The highest BCUT2D eigenvalue weighted by atomic mass is 16.5. The van der Waals surface area contributed by atoms with Crippen molar-refractivity contribution in [2.75, 3.05) is 13.7 Å². The van der Waals surface area contributed by atoms with Gasteiger partial charge in [-0.1, -0.05) is 42.5 Å². The van der Waals surface area contributed by atoms with Crippen molar-refractivity contribution in [3.05, 3.63) is 100 Å². The molecule has 1 heterocycles. The minimum atomic E-state index is -0.303. The van der Waals surface area contributed by atoms with Gasteiger partial charge >= 0.3 is 0 Å². The summed E-state index contributed by atoms with van der Waals surface area (Å²) in [5, 5.41) is 0.488. The van der Waals surface area contributed by atoms with Crippen molar-refractivity contribution < 1.29 is 19.1 Å². The fourth-order valence-corrected chi connectivity index (χ4v) is 3.66. The summed E-state index contributed by atoms with van der Waals surface area (Å²) in [5.41, 5.74) is 1.71. The molecule has 3 aromatic carbocycles. The maximum atomic E-state index is 13.2. The average molecular weight is 472 g/mol. The summed E-state index contributed by atoms with van der Waals surface area (Å²) in [5.74, 6) is 0.684. The lowest BCUT2D eigenvalue weighted by Crippen LogP contribution is -2.35. The summed E-state index contributed by atoms with van der Waals surface area (Å²) in [4.78, 5) is 46.3. The summed E-state index contributed by atoms with van der Waals surface area (Å²) in [6, 6.07) is 21.4. The third-order valence-electron chi connectivity index (χ3n) is 5.49. The predicted octanol–water partition coefficient (Wildman–Crippen LogP) is 3.74. The zero-order valence-electron chi connectivity index (χ0n) is 19.5. The summed E-state index contributed by atoms with van der Waals surface area (Å²) in [6.45, 7) is 1.60. The largest absolute Gasteiger partial charge is 0.493 e. The van der Waals surface area contributed by atoms with Crippen molar-refractivity contribution in [2.24, 2.45) is 0 Å². The first kappa shape index (κ1) is 23.7. The maximum absolute atomic E-state index is 13.2. The molecule has 0 saturated heterocycles. The van der Waals surface area contributed by atoms with Gasteiger partial charge in [0.15, 0.2) is 23.9 Å². The number of para-hydroxylation sites is 1. The van der Waals surface area contributed by atoms with E-state index >= 15 is 0 Å². The molecule has 8 nitrogen and oxygen atoms in total. The lowest BCUT2D eigenvalue weighted by Gasteiger charge is -2.23. The first-order chi connectivity index (χ1) is 16.9. The predicted molar refractivity (Wildman–Crippen MR) is 132 cm³/mol. The minimum absolute atomic E-state index is 0.0948. The highest BCUT2D eigenvalue weighted by molar-refractivity contribution is 5.94. The number of benzene rings is 3. The van der Waals surface area contributed by atoms with Gasteiger partial charge in [-0.25, -0.2) is 4.98 Å². The van der Waals surface area contributed by atoms with Crippen molar-refractivity contribution >= 4 is 22.6 Å². The van der Waals surface area contributed by atoms with Gasteiger partial charge in [0, 0.05) is 12.1 Å². The molecule has 0 atom stereocenters. The van der Waals surface area contributed by atoms with Gasteiger partial charge < -0.3 is 19.4 Å². The quantitative estimate of drug-likeness (QED) is 0.373. The lowest BCUT2D eigenvalue weighted by molar-refractivity contribution is -0.134. The van der Waals surface area contributed by atoms with Crippen LogP contribution in [0, 0.1) is 0 Å². The Bertz CT molecular complexity index is 1420. The summed E-state index contributed by atoms with van der Waals surface area (Å²) < 4.78 is 11.1. The molecule has 0 radical (unpaired) electrons. The van der Waals surface area contributed by atoms with Crippen molar-refractivity contribution in [3.63, 3.8) is 0 Å². The molecule has 0 spiro atoms. The zero-order valence-corrected chi connectivity index (χ0v) is 19.5. The van der Waals surface area contributed by atoms with Gasteiger partial charge in [-0.2, -0.15) is 0 Å². The molecule has 0 fully saturated rings. The van der Waals surface area contributed by atoms with Gasteiger partial charge in [-0.15, -0.1) is 0 Å². The molecule has 0 bridgehead atoms. The number of hydrogen-bond donors (Lipinski definition) is 1. The number of amides is 1. The number of methoxy groups -OCH3 is 1. The number of aromatic amines is 1. The van der Waals surface area contributed by atoms with Crippen molar-refractivity contribution in [3.8, 4) is 11.5 Å². The van der Waals surface area contributed by atoms with Gasteiger partial charge in [-0.3, -0.25) is 14.4 Å². The number of fused-ring (bicyclic) bond motifs is 1. The number of nitrogens with zero attached hydrogens (tertiary/aromatic N) is 2. The van der Waals surface area contributed by atoms with Crippen LogP contribution in [0.15, 0.2) is 77.6 Å². The molecule has 1 N–H and O–H groups in total. The Labute approximate surface area is 202 Å². The Hall–Kier alpha value is -4.46. The van der Waals surface area contributed by atoms with E-state index < -0.39 is 0 Å². The van der Waals surface area contributed by atoms with Crippen LogP contribution < -0.4 is 15.0 Å². The number of aromatic nitrogens is 2. The summed E-state index contributed by atoms with van der Waals surface area (Å²) >= 11 is 0. The van der Waals surface area contributed by atoms with E-state index in [4.69, 9.17) is 9.47 Å². The number of H-pyrrole nitrogens is 1. The number of carbonyl (C=O) groups is 2. The first-order valence-corrected chi connectivity index (χ1v) is 11.1. The molecule has 0 aliphatic rings. The maximum Gasteiger partial charge on any atom is 0.261 e. The second kappa shape index (κ2) is 10.6. The Balaban J connectivity index is 1.56. The number of hydrogen-bond acceptors (Lipinski definition) is 6. The molecule has 1 aromatic heterocycles. The van der Waals surface area contributed by atoms with E-state index in [1.54, 1.807) is 41.3 Å². The van der Waals surface area contributed by atoms with Gasteiger partial charge in [0.1, 0.15) is 5.82 Å². The van der Waals surface area contributed by atoms with Gasteiger partial charge in [0.25, 0.3) is 11.5 Å². The fraction of sp³-hybridized carbons (Fsp3) is 0.185. The van der Waals surface area contributed by atoms with Gasteiger partial charge in [-0.05, 0) is 42.8 Å². The molecule has 0 aliphatic heterocycles. The van der Waals surface area contributed by atoms with Crippen molar-refractivity contribution in [1.29, 1.82) is 0 Å². The van der Waals surface area contributed by atoms with E-state index in [0.717, 1.165) is 5.56 Å². The second-order valence-corrected chi connectivity index (χ2v) is 7.98. The molecule has 0 unspecified atom stereocenters. The van der Waals surface area contributed by atoms with E-state index in [-0.39, 0.29) is 30.4 Å². The number of Topliss-reactive ketones (excluding diaryl/α,β-unsaturated/α-hetero) is 1. The third kappa shape index (κ3) is 5.73. The smallest absolute Gasteiger partial charge is 0.261 e. The van der Waals surface area contributed by atoms with Crippen LogP contribution >= 0.6 is 0 Å². The Morgan fingerprint density at radius 1 is 0.943 bits per heavy atom. The van der Waals surface area contributed by atoms with Crippen LogP contribution in [-0.2, 0) is 17.9 Å². The van der Waals surface area contributed by atoms with E-state index in [1.807, 2.05) is 36.4 Å². The Morgan fingerprint density at radius 3 is 2.43 bits per heavy atom. The van der Waals surface area contributed by atoms with Gasteiger partial charge in [0.2, 0.25) is 0 Å². The van der Waals surface area contributed by atoms with Crippen LogP contribution in [0.1, 0.15) is 28.7 Å². The lowest BCUT2D eigenvalue weighted by atomic mass is 10.1. The standard InChI is InChI=1S/C27H25N3O5/c1-18(31)20-12-13-23(24(14-20)34-2)35-17-26(32)30(15-19-8-4-3-5-9-19)16-25-28-22-11-7-6-10-21(22)27(33)29-25/h3-14H,15-17H2,1-2H3,(H,28,29,33). The highest BCUT2D eigenvalue weighted by Gasteiger charge is 2.19. The van der Waals surface area contributed by atoms with Crippen LogP contribution in [0.25, 0.3) is 10.9 Å². The Kier molecular flexibility index (Phi) is 7.21. The third-order valence-corrected chi connectivity index (χ3v) is 5.49. The van der Waals surface area contributed by atoms with Crippen LogP contribution in [-0.4, -0.2) is 40.3 Å². The second-order valence-electron chi connectivity index (χ2n) is 7.98. The fourth-order valence-electron chi connectivity index (χ4n) is 3.66. The first-order valence-electron chi connectivity index (χ1n) is 11.1. The van der Waals surface area contributed by atoms with E-state index in [1.165, 1.54) is 14.0 Å². The normalized spacial score (nSPS) is 10.7.